The second-order valence-electron chi connectivity index (χ2n) is 3.35. The monoisotopic (exact) mass is 198 g/mol. The summed E-state index contributed by atoms with van der Waals surface area (Å²) in [5, 5.41) is 1.88. The van der Waals surface area contributed by atoms with Crippen LogP contribution in [-0.4, -0.2) is 9.97 Å². The molecule has 0 saturated carbocycles. The van der Waals surface area contributed by atoms with Crippen LogP contribution in [0.4, 0.5) is 4.39 Å². The molecule has 1 aromatic carbocycles. The molecule has 3 heteroatoms. The van der Waals surface area contributed by atoms with Crippen molar-refractivity contribution >= 4 is 21.8 Å². The maximum atomic E-state index is 13.0. The van der Waals surface area contributed by atoms with Gasteiger partial charge in [-0.15, -0.1) is 0 Å². The predicted octanol–water partition coefficient (Wildman–Crippen LogP) is 2.92. The van der Waals surface area contributed by atoms with Gasteiger partial charge in [-0.2, -0.15) is 4.39 Å². The van der Waals surface area contributed by atoms with Gasteiger partial charge in [-0.3, -0.25) is 4.98 Å². The molecule has 2 aromatic heterocycles. The number of aromatic nitrogens is 2. The number of hydrogen-bond acceptors (Lipinski definition) is 2. The summed E-state index contributed by atoms with van der Waals surface area (Å²) in [6.45, 7) is 0. The Kier molecular flexibility index (Phi) is 1.65. The SMILES string of the molecule is Fc1ccc2ccc3cccnc3c2n1. The van der Waals surface area contributed by atoms with Crippen LogP contribution in [0.1, 0.15) is 0 Å². The molecule has 0 bridgehead atoms. The summed E-state index contributed by atoms with van der Waals surface area (Å²) in [6, 6.07) is 10.8. The fourth-order valence-corrected chi connectivity index (χ4v) is 1.70. The van der Waals surface area contributed by atoms with E-state index in [0.29, 0.717) is 5.52 Å². The summed E-state index contributed by atoms with van der Waals surface area (Å²) >= 11 is 0. The number of rotatable bonds is 0. The molecule has 0 N–H and O–H groups in total. The Morgan fingerprint density at radius 3 is 2.47 bits per heavy atom. The number of fused-ring (bicyclic) bond motifs is 3. The smallest absolute Gasteiger partial charge is 0.213 e. The molecule has 0 atom stereocenters. The molecule has 15 heavy (non-hydrogen) atoms. The van der Waals surface area contributed by atoms with Crippen molar-refractivity contribution in [3.63, 3.8) is 0 Å². The molecule has 0 amide bonds. The molecule has 2 nitrogen and oxygen atoms in total. The Balaban J connectivity index is 2.57. The van der Waals surface area contributed by atoms with Crippen LogP contribution in [0.15, 0.2) is 42.6 Å². The number of halogens is 1. The molecule has 0 aliphatic rings. The zero-order chi connectivity index (χ0) is 10.3. The Hall–Kier alpha value is -2.03. The topological polar surface area (TPSA) is 25.8 Å². The summed E-state index contributed by atoms with van der Waals surface area (Å²) < 4.78 is 13.0. The van der Waals surface area contributed by atoms with Gasteiger partial charge in [0.1, 0.15) is 0 Å². The van der Waals surface area contributed by atoms with Crippen LogP contribution in [0, 0.1) is 5.95 Å². The van der Waals surface area contributed by atoms with E-state index in [9.17, 15) is 4.39 Å². The van der Waals surface area contributed by atoms with Crippen molar-refractivity contribution in [3.8, 4) is 0 Å². The predicted molar refractivity (Wildman–Crippen MR) is 57.0 cm³/mol. The van der Waals surface area contributed by atoms with Crippen LogP contribution >= 0.6 is 0 Å². The van der Waals surface area contributed by atoms with Crippen molar-refractivity contribution in [2.75, 3.05) is 0 Å². The van der Waals surface area contributed by atoms with Crippen molar-refractivity contribution in [3.05, 3.63) is 48.5 Å². The van der Waals surface area contributed by atoms with Gasteiger partial charge >= 0.3 is 0 Å². The second-order valence-corrected chi connectivity index (χ2v) is 3.35. The van der Waals surface area contributed by atoms with Crippen LogP contribution in [0.3, 0.4) is 0 Å². The number of hydrogen-bond donors (Lipinski definition) is 0. The lowest BCUT2D eigenvalue weighted by molar-refractivity contribution is 0.589. The van der Waals surface area contributed by atoms with Gasteiger partial charge in [0, 0.05) is 17.0 Å². The number of benzene rings is 1. The second kappa shape index (κ2) is 2.98. The molecule has 0 unspecified atom stereocenters. The quantitative estimate of drug-likeness (QED) is 0.410. The van der Waals surface area contributed by atoms with E-state index < -0.39 is 5.95 Å². The molecular weight excluding hydrogens is 191 g/mol. The van der Waals surface area contributed by atoms with Crippen molar-refractivity contribution in [2.45, 2.75) is 0 Å². The highest BCUT2D eigenvalue weighted by atomic mass is 19.1. The van der Waals surface area contributed by atoms with Gasteiger partial charge in [0.15, 0.2) is 0 Å². The molecule has 0 aliphatic heterocycles. The van der Waals surface area contributed by atoms with Crippen LogP contribution in [-0.2, 0) is 0 Å². The lowest BCUT2D eigenvalue weighted by Crippen LogP contribution is -1.87. The number of nitrogens with zero attached hydrogens (tertiary/aromatic N) is 2. The van der Waals surface area contributed by atoms with Crippen LogP contribution in [0.5, 0.6) is 0 Å². The first-order valence-electron chi connectivity index (χ1n) is 4.64. The van der Waals surface area contributed by atoms with E-state index in [-0.39, 0.29) is 0 Å². The molecule has 0 aliphatic carbocycles. The minimum Gasteiger partial charge on any atom is -0.254 e. The van der Waals surface area contributed by atoms with Crippen LogP contribution in [0.25, 0.3) is 21.8 Å². The molecule has 72 valence electrons. The van der Waals surface area contributed by atoms with E-state index in [4.69, 9.17) is 0 Å². The van der Waals surface area contributed by atoms with Gasteiger partial charge < -0.3 is 0 Å². The van der Waals surface area contributed by atoms with Crippen LogP contribution < -0.4 is 0 Å². The Bertz CT molecular complexity index is 649. The Morgan fingerprint density at radius 1 is 0.867 bits per heavy atom. The average molecular weight is 198 g/mol. The maximum absolute atomic E-state index is 13.0. The minimum atomic E-state index is -0.472. The third-order valence-electron chi connectivity index (χ3n) is 2.40. The normalized spacial score (nSPS) is 11.0. The average Bonchev–Trinajstić information content (AvgIpc) is 2.29. The van der Waals surface area contributed by atoms with Gasteiger partial charge in [-0.1, -0.05) is 18.2 Å². The first-order valence-corrected chi connectivity index (χ1v) is 4.64. The highest BCUT2D eigenvalue weighted by molar-refractivity contribution is 6.02. The zero-order valence-corrected chi connectivity index (χ0v) is 7.81. The lowest BCUT2D eigenvalue weighted by Gasteiger charge is -2.01. The standard InChI is InChI=1S/C12H7FN2/c13-10-6-5-9-4-3-8-2-1-7-14-11(8)12(9)15-10/h1-7H. The zero-order valence-electron chi connectivity index (χ0n) is 7.81. The summed E-state index contributed by atoms with van der Waals surface area (Å²) in [6.07, 6.45) is 1.69. The third kappa shape index (κ3) is 1.24. The molecule has 0 radical (unpaired) electrons. The molecule has 3 aromatic rings. The van der Waals surface area contributed by atoms with E-state index in [1.165, 1.54) is 6.07 Å². The van der Waals surface area contributed by atoms with Crippen molar-refractivity contribution in [2.24, 2.45) is 0 Å². The number of pyridine rings is 2. The third-order valence-corrected chi connectivity index (χ3v) is 2.40. The lowest BCUT2D eigenvalue weighted by atomic mass is 10.1. The Morgan fingerprint density at radius 2 is 1.60 bits per heavy atom. The van der Waals surface area contributed by atoms with Gasteiger partial charge in [0.05, 0.1) is 11.0 Å². The van der Waals surface area contributed by atoms with Gasteiger partial charge in [0.25, 0.3) is 0 Å². The van der Waals surface area contributed by atoms with Gasteiger partial charge in [0.2, 0.25) is 5.95 Å². The largest absolute Gasteiger partial charge is 0.254 e. The van der Waals surface area contributed by atoms with Crippen LogP contribution in [0.2, 0.25) is 0 Å². The molecule has 0 fully saturated rings. The van der Waals surface area contributed by atoms with Gasteiger partial charge in [-0.05, 0) is 18.2 Å². The van der Waals surface area contributed by atoms with Crippen molar-refractivity contribution in [1.29, 1.82) is 0 Å². The molecule has 0 spiro atoms. The summed E-state index contributed by atoms with van der Waals surface area (Å²) in [4.78, 5) is 8.10. The van der Waals surface area contributed by atoms with Crippen molar-refractivity contribution in [1.82, 2.24) is 9.97 Å². The highest BCUT2D eigenvalue weighted by Crippen LogP contribution is 2.21. The van der Waals surface area contributed by atoms with Crippen molar-refractivity contribution < 1.29 is 4.39 Å². The van der Waals surface area contributed by atoms with E-state index >= 15 is 0 Å². The molecule has 0 saturated heterocycles. The fraction of sp³-hybridized carbons (Fsp3) is 0. The summed E-state index contributed by atoms with van der Waals surface area (Å²) in [7, 11) is 0. The first-order chi connectivity index (χ1) is 7.34. The minimum absolute atomic E-state index is 0.472. The fourth-order valence-electron chi connectivity index (χ4n) is 1.70. The van der Waals surface area contributed by atoms with E-state index in [1.54, 1.807) is 12.3 Å². The Labute approximate surface area is 85.4 Å². The molecule has 3 rings (SSSR count). The van der Waals surface area contributed by atoms with E-state index in [2.05, 4.69) is 9.97 Å². The van der Waals surface area contributed by atoms with Gasteiger partial charge in [-0.25, -0.2) is 4.98 Å². The molecular formula is C12H7FN2. The summed E-state index contributed by atoms with van der Waals surface area (Å²) in [5.41, 5.74) is 1.36. The first kappa shape index (κ1) is 8.29. The maximum Gasteiger partial charge on any atom is 0.213 e. The van der Waals surface area contributed by atoms with E-state index in [0.717, 1.165) is 16.3 Å². The van der Waals surface area contributed by atoms with E-state index in [1.807, 2.05) is 24.3 Å². The highest BCUT2D eigenvalue weighted by Gasteiger charge is 2.03. The molecule has 2 heterocycles. The summed E-state index contributed by atoms with van der Waals surface area (Å²) in [5.74, 6) is -0.472.